The predicted octanol–water partition coefficient (Wildman–Crippen LogP) is 6.16. The van der Waals surface area contributed by atoms with Gasteiger partial charge in [-0.05, 0) is 30.3 Å². The molecule has 0 aliphatic heterocycles. The molecule has 0 spiro atoms. The average Bonchev–Trinajstić information content (AvgIpc) is 3.16. The highest BCUT2D eigenvalue weighted by Gasteiger charge is 2.14. The molecular formula is C25H22ClFN2O2S. The molecule has 7 heteroatoms. The van der Waals surface area contributed by atoms with E-state index in [0.717, 1.165) is 15.8 Å². The topological polar surface area (TPSA) is 43.3 Å². The molecule has 0 atom stereocenters. The molecule has 0 unspecified atom stereocenters. The molecule has 0 fully saturated rings. The fourth-order valence-electron chi connectivity index (χ4n) is 3.55. The van der Waals surface area contributed by atoms with Gasteiger partial charge < -0.3 is 14.6 Å². The Labute approximate surface area is 195 Å². The minimum Gasteiger partial charge on any atom is -0.496 e. The van der Waals surface area contributed by atoms with Gasteiger partial charge in [-0.3, -0.25) is 4.79 Å². The summed E-state index contributed by atoms with van der Waals surface area (Å²) in [5.41, 5.74) is 2.06. The number of halogens is 2. The van der Waals surface area contributed by atoms with Crippen molar-refractivity contribution in [3.8, 4) is 5.75 Å². The zero-order chi connectivity index (χ0) is 22.5. The van der Waals surface area contributed by atoms with Crippen molar-refractivity contribution in [2.45, 2.75) is 17.2 Å². The van der Waals surface area contributed by atoms with Crippen molar-refractivity contribution in [1.29, 1.82) is 0 Å². The molecule has 164 valence electrons. The molecule has 1 amide bonds. The number of hydrogen-bond donors (Lipinski definition) is 1. The standard InChI is InChI=1S/C25H22ClFN2O2S/c1-31-23-12-5-3-8-18(23)25(30)28-13-14-29-15-24(17-7-2-4-11-22(17)29)32-16-19-20(26)9-6-10-21(19)27/h2-12,15H,13-14,16H2,1H3,(H,28,30). The second-order valence-corrected chi connectivity index (χ2v) is 8.57. The van der Waals surface area contributed by atoms with Gasteiger partial charge >= 0.3 is 0 Å². The summed E-state index contributed by atoms with van der Waals surface area (Å²) in [6.07, 6.45) is 2.04. The molecule has 0 aliphatic carbocycles. The molecule has 0 saturated carbocycles. The van der Waals surface area contributed by atoms with Crippen LogP contribution in [0.2, 0.25) is 5.02 Å². The number of methoxy groups -OCH3 is 1. The maximum atomic E-state index is 14.2. The van der Waals surface area contributed by atoms with Gasteiger partial charge in [0.2, 0.25) is 0 Å². The monoisotopic (exact) mass is 468 g/mol. The largest absolute Gasteiger partial charge is 0.496 e. The van der Waals surface area contributed by atoms with E-state index >= 15 is 0 Å². The maximum Gasteiger partial charge on any atom is 0.255 e. The molecule has 1 heterocycles. The number of nitrogens with one attached hydrogen (secondary N) is 1. The van der Waals surface area contributed by atoms with Crippen molar-refractivity contribution in [1.82, 2.24) is 9.88 Å². The number of nitrogens with zero attached hydrogens (tertiary/aromatic N) is 1. The van der Waals surface area contributed by atoms with Crippen molar-refractivity contribution in [3.05, 3.63) is 94.9 Å². The minimum absolute atomic E-state index is 0.178. The molecule has 4 rings (SSSR count). The summed E-state index contributed by atoms with van der Waals surface area (Å²) in [7, 11) is 1.55. The molecule has 0 aliphatic rings. The fourth-order valence-corrected chi connectivity index (χ4v) is 4.98. The summed E-state index contributed by atoms with van der Waals surface area (Å²) >= 11 is 7.73. The second kappa shape index (κ2) is 10.1. The molecule has 1 N–H and O–H groups in total. The Hall–Kier alpha value is -2.96. The SMILES string of the molecule is COc1ccccc1C(=O)NCCn1cc(SCc2c(F)cccc2Cl)c2ccccc21. The van der Waals surface area contributed by atoms with Crippen LogP contribution >= 0.6 is 23.4 Å². The van der Waals surface area contributed by atoms with E-state index < -0.39 is 0 Å². The van der Waals surface area contributed by atoms with Crippen molar-refractivity contribution < 1.29 is 13.9 Å². The number of carbonyl (C=O) groups is 1. The van der Waals surface area contributed by atoms with Crippen molar-refractivity contribution >= 4 is 40.2 Å². The van der Waals surface area contributed by atoms with E-state index in [9.17, 15) is 9.18 Å². The van der Waals surface area contributed by atoms with Gasteiger partial charge in [0.15, 0.2) is 0 Å². The van der Waals surface area contributed by atoms with E-state index in [1.165, 1.54) is 6.07 Å². The Morgan fingerprint density at radius 1 is 1.09 bits per heavy atom. The van der Waals surface area contributed by atoms with E-state index in [0.29, 0.717) is 40.7 Å². The number of benzene rings is 3. The Bertz CT molecular complexity index is 1240. The summed E-state index contributed by atoms with van der Waals surface area (Å²) in [6.45, 7) is 1.06. The van der Waals surface area contributed by atoms with E-state index in [4.69, 9.17) is 16.3 Å². The number of fused-ring (bicyclic) bond motifs is 1. The summed E-state index contributed by atoms with van der Waals surface area (Å²) in [6, 6.07) is 19.9. The van der Waals surface area contributed by atoms with E-state index in [1.807, 2.05) is 42.6 Å². The molecular weight excluding hydrogens is 447 g/mol. The Balaban J connectivity index is 1.47. The number of amides is 1. The highest BCUT2D eigenvalue weighted by molar-refractivity contribution is 7.98. The summed E-state index contributed by atoms with van der Waals surface area (Å²) in [5.74, 6) is 0.502. The van der Waals surface area contributed by atoms with Crippen LogP contribution in [0.3, 0.4) is 0 Å². The highest BCUT2D eigenvalue weighted by atomic mass is 35.5. The first kappa shape index (κ1) is 22.2. The summed E-state index contributed by atoms with van der Waals surface area (Å²) in [4.78, 5) is 13.6. The van der Waals surface area contributed by atoms with Gasteiger partial charge in [-0.2, -0.15) is 0 Å². The zero-order valence-electron chi connectivity index (χ0n) is 17.5. The van der Waals surface area contributed by atoms with Gasteiger partial charge in [-0.15, -0.1) is 11.8 Å². The third-order valence-corrected chi connectivity index (χ3v) is 6.60. The number of thioether (sulfide) groups is 1. The maximum absolute atomic E-state index is 14.2. The van der Waals surface area contributed by atoms with Gasteiger partial charge in [-0.1, -0.05) is 48.0 Å². The average molecular weight is 469 g/mol. The lowest BCUT2D eigenvalue weighted by molar-refractivity contribution is 0.0949. The first-order chi connectivity index (χ1) is 15.6. The van der Waals surface area contributed by atoms with Crippen molar-refractivity contribution in [3.63, 3.8) is 0 Å². The van der Waals surface area contributed by atoms with Crippen LogP contribution in [0, 0.1) is 5.82 Å². The predicted molar refractivity (Wildman–Crippen MR) is 128 cm³/mol. The van der Waals surface area contributed by atoms with Crippen molar-refractivity contribution in [2.24, 2.45) is 0 Å². The molecule has 4 aromatic rings. The number of para-hydroxylation sites is 2. The van der Waals surface area contributed by atoms with Crippen LogP contribution in [0.5, 0.6) is 5.75 Å². The van der Waals surface area contributed by atoms with Crippen LogP contribution < -0.4 is 10.1 Å². The number of rotatable bonds is 8. The van der Waals surface area contributed by atoms with Crippen LogP contribution in [0.4, 0.5) is 4.39 Å². The molecule has 0 saturated heterocycles. The molecule has 32 heavy (non-hydrogen) atoms. The second-order valence-electron chi connectivity index (χ2n) is 7.15. The Morgan fingerprint density at radius 3 is 2.69 bits per heavy atom. The van der Waals surface area contributed by atoms with Gasteiger partial charge in [0.25, 0.3) is 5.91 Å². The Kier molecular flexibility index (Phi) is 7.02. The van der Waals surface area contributed by atoms with Gasteiger partial charge in [0.1, 0.15) is 11.6 Å². The van der Waals surface area contributed by atoms with Crippen molar-refractivity contribution in [2.75, 3.05) is 13.7 Å². The molecule has 1 aromatic heterocycles. The van der Waals surface area contributed by atoms with E-state index in [-0.39, 0.29) is 11.7 Å². The van der Waals surface area contributed by atoms with Gasteiger partial charge in [-0.25, -0.2) is 4.39 Å². The number of ether oxygens (including phenoxy) is 1. The fraction of sp³-hybridized carbons (Fsp3) is 0.160. The quantitative estimate of drug-likeness (QED) is 0.315. The number of aromatic nitrogens is 1. The smallest absolute Gasteiger partial charge is 0.255 e. The third kappa shape index (κ3) is 4.76. The lowest BCUT2D eigenvalue weighted by Gasteiger charge is -2.10. The Morgan fingerprint density at radius 2 is 1.88 bits per heavy atom. The van der Waals surface area contributed by atoms with Gasteiger partial charge in [0.05, 0.1) is 12.7 Å². The number of hydrogen-bond acceptors (Lipinski definition) is 3. The van der Waals surface area contributed by atoms with Crippen LogP contribution in [-0.2, 0) is 12.3 Å². The molecule has 0 bridgehead atoms. The molecule has 3 aromatic carbocycles. The number of carbonyl (C=O) groups excluding carboxylic acids is 1. The van der Waals surface area contributed by atoms with Crippen LogP contribution in [0.1, 0.15) is 15.9 Å². The summed E-state index contributed by atoms with van der Waals surface area (Å²) < 4.78 is 21.5. The third-order valence-electron chi connectivity index (χ3n) is 5.18. The normalized spacial score (nSPS) is 11.0. The highest BCUT2D eigenvalue weighted by Crippen LogP contribution is 2.34. The van der Waals surface area contributed by atoms with E-state index in [2.05, 4.69) is 9.88 Å². The lowest BCUT2D eigenvalue weighted by atomic mass is 10.2. The van der Waals surface area contributed by atoms with E-state index in [1.54, 1.807) is 43.1 Å². The molecule has 0 radical (unpaired) electrons. The van der Waals surface area contributed by atoms with Crippen LogP contribution in [0.15, 0.2) is 77.8 Å². The first-order valence-corrected chi connectivity index (χ1v) is 11.5. The first-order valence-electron chi connectivity index (χ1n) is 10.1. The zero-order valence-corrected chi connectivity index (χ0v) is 19.0. The van der Waals surface area contributed by atoms with Gasteiger partial charge in [0, 0.05) is 51.4 Å². The lowest BCUT2D eigenvalue weighted by Crippen LogP contribution is -2.27. The van der Waals surface area contributed by atoms with Crippen LogP contribution in [-0.4, -0.2) is 24.1 Å². The minimum atomic E-state index is -0.298. The van der Waals surface area contributed by atoms with Crippen LogP contribution in [0.25, 0.3) is 10.9 Å². The summed E-state index contributed by atoms with van der Waals surface area (Å²) in [5, 5.41) is 4.47. The molecule has 4 nitrogen and oxygen atoms in total.